The van der Waals surface area contributed by atoms with Crippen LogP contribution < -0.4 is 9.64 Å². The summed E-state index contributed by atoms with van der Waals surface area (Å²) in [6.45, 7) is 18.8. The molecule has 244 valence electrons. The Bertz CT molecular complexity index is 1240. The Kier molecular flexibility index (Phi) is 11.5. The van der Waals surface area contributed by atoms with Gasteiger partial charge in [0, 0.05) is 63.4 Å². The van der Waals surface area contributed by atoms with Crippen LogP contribution in [-0.2, 0) is 4.74 Å². The third kappa shape index (κ3) is 7.84. The van der Waals surface area contributed by atoms with Gasteiger partial charge in [-0.15, -0.1) is 10.2 Å². The second-order valence-electron chi connectivity index (χ2n) is 13.3. The second-order valence-corrected chi connectivity index (χ2v) is 13.3. The molecule has 44 heavy (non-hydrogen) atoms. The summed E-state index contributed by atoms with van der Waals surface area (Å²) in [6.07, 6.45) is 4.83. The van der Waals surface area contributed by atoms with Crippen molar-refractivity contribution in [2.24, 2.45) is 11.3 Å². The molecule has 4 rings (SSSR count). The Morgan fingerprint density at radius 3 is 2.57 bits per heavy atom. The molecule has 2 aromatic rings. The fourth-order valence-corrected chi connectivity index (χ4v) is 6.80. The van der Waals surface area contributed by atoms with E-state index >= 15 is 0 Å². The van der Waals surface area contributed by atoms with Crippen molar-refractivity contribution < 1.29 is 18.7 Å². The van der Waals surface area contributed by atoms with Crippen LogP contribution in [0.15, 0.2) is 24.5 Å². The van der Waals surface area contributed by atoms with Crippen LogP contribution in [0.25, 0.3) is 0 Å². The quantitative estimate of drug-likeness (QED) is 0.277. The number of halogens is 1. The molecule has 1 aromatic carbocycles. The number of benzene rings is 1. The monoisotopic (exact) mass is 613 g/mol. The summed E-state index contributed by atoms with van der Waals surface area (Å²) in [5.41, 5.74) is 0.360. The average Bonchev–Trinajstić information content (AvgIpc) is 3.41. The fourth-order valence-electron chi connectivity index (χ4n) is 6.80. The number of hydrogen-bond donors (Lipinski definition) is 0. The number of carbonyl (C=O) groups excluding carboxylic acids is 1. The lowest BCUT2D eigenvalue weighted by Crippen LogP contribution is -2.62. The summed E-state index contributed by atoms with van der Waals surface area (Å²) >= 11 is 0. The molecule has 3 heterocycles. The third-order valence-electron chi connectivity index (χ3n) is 9.40. The smallest absolute Gasteiger partial charge is 0.282 e. The molecule has 1 amide bonds. The molecule has 2 aliphatic heterocycles. The molecule has 2 aliphatic rings. The van der Waals surface area contributed by atoms with Gasteiger partial charge in [0.25, 0.3) is 11.8 Å². The molecular formula is C33H52FN7O3. The predicted molar refractivity (Wildman–Crippen MR) is 171 cm³/mol. The van der Waals surface area contributed by atoms with E-state index in [1.165, 1.54) is 30.9 Å². The van der Waals surface area contributed by atoms with Crippen LogP contribution in [0.4, 0.5) is 10.2 Å². The normalized spacial score (nSPS) is 17.9. The lowest BCUT2D eigenvalue weighted by atomic mass is 9.76. The molecule has 2 saturated heterocycles. The Balaban J connectivity index is 1.41. The second kappa shape index (κ2) is 14.9. The largest absolute Gasteiger partial charge is 0.434 e. The first kappa shape index (κ1) is 34.0. The predicted octanol–water partition coefficient (Wildman–Crippen LogP) is 4.96. The van der Waals surface area contributed by atoms with Gasteiger partial charge in [0.05, 0.1) is 12.2 Å². The minimum atomic E-state index is -0.499. The number of anilines is 1. The third-order valence-corrected chi connectivity index (χ3v) is 9.40. The van der Waals surface area contributed by atoms with Crippen molar-refractivity contribution in [3.05, 3.63) is 35.9 Å². The van der Waals surface area contributed by atoms with Gasteiger partial charge in [0.15, 0.2) is 5.82 Å². The van der Waals surface area contributed by atoms with E-state index in [0.29, 0.717) is 30.4 Å². The molecule has 0 unspecified atom stereocenters. The highest BCUT2D eigenvalue weighted by Crippen LogP contribution is 2.44. The van der Waals surface area contributed by atoms with Crippen molar-refractivity contribution in [2.45, 2.75) is 78.9 Å². The van der Waals surface area contributed by atoms with Gasteiger partial charge in [0.1, 0.15) is 17.9 Å². The number of nitrogens with zero attached hydrogens (tertiary/aromatic N) is 7. The van der Waals surface area contributed by atoms with E-state index in [2.05, 4.69) is 57.7 Å². The van der Waals surface area contributed by atoms with Gasteiger partial charge in [-0.1, -0.05) is 13.8 Å². The van der Waals surface area contributed by atoms with Gasteiger partial charge in [-0.05, 0) is 84.7 Å². The van der Waals surface area contributed by atoms with Crippen molar-refractivity contribution in [3.8, 4) is 11.6 Å². The number of aromatic nitrogens is 3. The summed E-state index contributed by atoms with van der Waals surface area (Å²) in [6, 6.07) is 4.93. The van der Waals surface area contributed by atoms with E-state index in [1.54, 1.807) is 12.0 Å². The van der Waals surface area contributed by atoms with Crippen LogP contribution in [-0.4, -0.2) is 114 Å². The van der Waals surface area contributed by atoms with Crippen molar-refractivity contribution in [3.63, 3.8) is 0 Å². The summed E-state index contributed by atoms with van der Waals surface area (Å²) in [5, 5.41) is 8.22. The summed E-state index contributed by atoms with van der Waals surface area (Å²) in [4.78, 5) is 26.8. The number of amides is 1. The molecule has 0 aliphatic carbocycles. The van der Waals surface area contributed by atoms with Crippen LogP contribution in [0.5, 0.6) is 11.6 Å². The van der Waals surface area contributed by atoms with E-state index in [-0.39, 0.29) is 34.6 Å². The Morgan fingerprint density at radius 1 is 1.16 bits per heavy atom. The molecule has 10 nitrogen and oxygen atoms in total. The summed E-state index contributed by atoms with van der Waals surface area (Å²) in [5.74, 6) is 0.862. The van der Waals surface area contributed by atoms with E-state index < -0.39 is 5.82 Å². The molecule has 2 fully saturated rings. The van der Waals surface area contributed by atoms with Crippen LogP contribution in [0.3, 0.4) is 0 Å². The molecule has 0 saturated carbocycles. The fraction of sp³-hybridized carbons (Fsp3) is 0.697. The van der Waals surface area contributed by atoms with Gasteiger partial charge in [-0.25, -0.2) is 9.37 Å². The summed E-state index contributed by atoms with van der Waals surface area (Å²) < 4.78 is 25.8. The Hall–Kier alpha value is -2.89. The topological polar surface area (TPSA) is 87.2 Å². The van der Waals surface area contributed by atoms with Crippen LogP contribution in [0, 0.1) is 17.2 Å². The molecule has 1 aromatic heterocycles. The van der Waals surface area contributed by atoms with Gasteiger partial charge < -0.3 is 24.2 Å². The van der Waals surface area contributed by atoms with Gasteiger partial charge >= 0.3 is 0 Å². The minimum Gasteiger partial charge on any atom is -0.434 e. The van der Waals surface area contributed by atoms with Crippen molar-refractivity contribution in [2.75, 3.05) is 64.9 Å². The average molecular weight is 614 g/mol. The summed E-state index contributed by atoms with van der Waals surface area (Å²) in [7, 11) is 3.94. The maximum atomic E-state index is 14.3. The lowest BCUT2D eigenvalue weighted by Gasteiger charge is -2.53. The number of methoxy groups -OCH3 is 1. The standard InChI is InChI=1S/C33H52FN7O3/c1-9-41(24(4)5)32(42)27-17-26(34)12-13-29(27)44-31-30(35-22-36-37-31)39-16-14-33(19-39)20-40(21-33)28(23(2)3)11-10-15-38(7)25(6)18-43-8/h12-13,17,22-25,28H,9-11,14-16,18-21H2,1-8H3/t25-,28+/m0/s1. The van der Waals surface area contributed by atoms with E-state index in [4.69, 9.17) is 9.47 Å². The zero-order valence-electron chi connectivity index (χ0n) is 27.9. The molecule has 0 radical (unpaired) electrons. The molecule has 2 atom stereocenters. The Labute approximate surface area is 262 Å². The lowest BCUT2D eigenvalue weighted by molar-refractivity contribution is -0.0347. The maximum Gasteiger partial charge on any atom is 0.282 e. The first-order chi connectivity index (χ1) is 21.0. The zero-order valence-corrected chi connectivity index (χ0v) is 27.9. The van der Waals surface area contributed by atoms with E-state index in [0.717, 1.165) is 52.2 Å². The number of ether oxygens (including phenoxy) is 2. The van der Waals surface area contributed by atoms with Crippen LogP contribution in [0.1, 0.15) is 71.2 Å². The van der Waals surface area contributed by atoms with Crippen molar-refractivity contribution in [1.82, 2.24) is 29.9 Å². The molecule has 1 spiro atoms. The van der Waals surface area contributed by atoms with E-state index in [1.807, 2.05) is 20.8 Å². The molecule has 0 N–H and O–H groups in total. The highest BCUT2D eigenvalue weighted by Gasteiger charge is 2.50. The zero-order chi connectivity index (χ0) is 32.0. The number of hydrogen-bond acceptors (Lipinski definition) is 9. The highest BCUT2D eigenvalue weighted by atomic mass is 19.1. The number of rotatable bonds is 15. The van der Waals surface area contributed by atoms with Gasteiger partial charge in [-0.3, -0.25) is 9.69 Å². The number of likely N-dealkylation sites (N-methyl/N-ethyl adjacent to an activating group) is 1. The van der Waals surface area contributed by atoms with Gasteiger partial charge in [0.2, 0.25) is 0 Å². The molecular weight excluding hydrogens is 561 g/mol. The van der Waals surface area contributed by atoms with Crippen LogP contribution >= 0.6 is 0 Å². The SMILES string of the molecule is CCN(C(=O)c1cc(F)ccc1Oc1nncnc1N1CCC2(C1)CN([C@H](CCCN(C)[C@@H](C)COC)C(C)C)C2)C(C)C. The van der Waals surface area contributed by atoms with Crippen LogP contribution in [0.2, 0.25) is 0 Å². The Morgan fingerprint density at radius 2 is 1.91 bits per heavy atom. The minimum absolute atomic E-state index is 0.0404. The van der Waals surface area contributed by atoms with Crippen molar-refractivity contribution >= 4 is 11.7 Å². The maximum absolute atomic E-state index is 14.3. The van der Waals surface area contributed by atoms with Gasteiger partial charge in [-0.2, -0.15) is 0 Å². The number of carbonyl (C=O) groups is 1. The molecule has 0 bridgehead atoms. The van der Waals surface area contributed by atoms with E-state index in [9.17, 15) is 9.18 Å². The van der Waals surface area contributed by atoms with Crippen molar-refractivity contribution in [1.29, 1.82) is 0 Å². The number of likely N-dealkylation sites (tertiary alicyclic amines) is 1. The highest BCUT2D eigenvalue weighted by molar-refractivity contribution is 5.97. The first-order valence-corrected chi connectivity index (χ1v) is 16.1. The molecule has 11 heteroatoms. The first-order valence-electron chi connectivity index (χ1n) is 16.1.